The quantitative estimate of drug-likeness (QED) is 0.366. The van der Waals surface area contributed by atoms with Crippen molar-refractivity contribution in [3.63, 3.8) is 0 Å². The topological polar surface area (TPSA) is 0 Å². The molecule has 0 spiro atoms. The van der Waals surface area contributed by atoms with Crippen LogP contribution in [-0.4, -0.2) is 7.28 Å². The van der Waals surface area contributed by atoms with Crippen molar-refractivity contribution in [1.29, 1.82) is 0 Å². The lowest BCUT2D eigenvalue weighted by molar-refractivity contribution is -0.214. The van der Waals surface area contributed by atoms with Crippen LogP contribution in [0, 0.1) is 101 Å². The molecule has 14 fully saturated rings. The summed E-state index contributed by atoms with van der Waals surface area (Å²) in [4.78, 5) is 0. The zero-order valence-corrected chi connectivity index (χ0v) is 22.6. The third-order valence-electron chi connectivity index (χ3n) is 16.7. The molecule has 14 rings (SSSR count). The Bertz CT molecular complexity index is 902. The van der Waals surface area contributed by atoms with Crippen molar-refractivity contribution < 1.29 is 0 Å². The van der Waals surface area contributed by atoms with Crippen LogP contribution in [0.25, 0.3) is 0 Å². The molecule has 0 aromatic rings. The smallest absolute Gasteiger partial charge is 0.0772 e. The molecule has 15 bridgehead atoms. The van der Waals surface area contributed by atoms with Crippen LogP contribution in [0.5, 0.6) is 0 Å². The summed E-state index contributed by atoms with van der Waals surface area (Å²) in [6.45, 7) is 2.45. The summed E-state index contributed by atoms with van der Waals surface area (Å²) < 4.78 is 0. The van der Waals surface area contributed by atoms with Crippen LogP contribution in [0.15, 0.2) is 0 Å². The van der Waals surface area contributed by atoms with Crippen molar-refractivity contribution in [2.45, 2.75) is 108 Å². The van der Waals surface area contributed by atoms with Gasteiger partial charge in [0.15, 0.2) is 0 Å². The van der Waals surface area contributed by atoms with Gasteiger partial charge in [-0.1, -0.05) is 63.5 Å². The fraction of sp³-hybridized carbons (Fsp3) is 1.00. The second-order valence-corrected chi connectivity index (χ2v) is 17.3. The number of hydrogen-bond acceptors (Lipinski definition) is 0. The first kappa shape index (κ1) is 21.0. The van der Waals surface area contributed by atoms with E-state index in [0.717, 1.165) is 23.1 Å². The first-order valence-electron chi connectivity index (χ1n) is 17.2. The van der Waals surface area contributed by atoms with E-state index < -0.39 is 0 Å². The van der Waals surface area contributed by atoms with Crippen LogP contribution in [-0.2, 0) is 0 Å². The predicted octanol–water partition coefficient (Wildman–Crippen LogP) is 8.09. The molecule has 1 heteroatoms. The molecule has 0 amide bonds. The largest absolute Gasteiger partial charge is 0.128 e. The highest BCUT2D eigenvalue weighted by Crippen LogP contribution is 2.79. The van der Waals surface area contributed by atoms with E-state index in [1.54, 1.807) is 90.8 Å². The number of hydrogen-bond donors (Lipinski definition) is 0. The van der Waals surface area contributed by atoms with Gasteiger partial charge in [0.25, 0.3) is 0 Å². The summed E-state index contributed by atoms with van der Waals surface area (Å²) in [5.74, 6) is 20.3. The lowest BCUT2D eigenvalue weighted by Gasteiger charge is -2.69. The fourth-order valence-electron chi connectivity index (χ4n) is 15.9. The third kappa shape index (κ3) is 2.51. The van der Waals surface area contributed by atoms with Gasteiger partial charge < -0.3 is 0 Å². The van der Waals surface area contributed by atoms with Gasteiger partial charge in [-0.15, -0.1) is 0 Å². The van der Waals surface area contributed by atoms with Gasteiger partial charge in [-0.2, -0.15) is 0 Å². The van der Waals surface area contributed by atoms with Gasteiger partial charge in [-0.3, -0.25) is 0 Å². The summed E-state index contributed by atoms with van der Waals surface area (Å²) >= 11 is 0. The van der Waals surface area contributed by atoms with E-state index in [-0.39, 0.29) is 0 Å². The highest BCUT2D eigenvalue weighted by Gasteiger charge is 2.73. The molecule has 16 unspecified atom stereocenters. The Morgan fingerprint density at radius 3 is 2.00 bits per heavy atom. The average Bonchev–Trinajstić information content (AvgIpc) is 3.28. The molecule has 35 heavy (non-hydrogen) atoms. The van der Waals surface area contributed by atoms with E-state index in [4.69, 9.17) is 0 Å². The molecule has 14 aliphatic rings. The molecule has 0 radical (unpaired) electrons. The van der Waals surface area contributed by atoms with E-state index in [1.165, 1.54) is 95.6 Å². The lowest BCUT2D eigenvalue weighted by Crippen LogP contribution is -2.64. The highest BCUT2D eigenvalue weighted by molar-refractivity contribution is 6.40. The van der Waals surface area contributed by atoms with E-state index in [2.05, 4.69) is 6.92 Å². The van der Waals surface area contributed by atoms with E-state index in [1.807, 2.05) is 0 Å². The minimum Gasteiger partial charge on any atom is -0.0772 e. The van der Waals surface area contributed by atoms with Gasteiger partial charge >= 0.3 is 0 Å². The van der Waals surface area contributed by atoms with Crippen LogP contribution in [0.3, 0.4) is 0 Å². The van der Waals surface area contributed by atoms with Crippen LogP contribution < -0.4 is 0 Å². The summed E-state index contributed by atoms with van der Waals surface area (Å²) in [5.41, 5.74) is 0. The van der Waals surface area contributed by atoms with Gasteiger partial charge in [0.1, 0.15) is 7.28 Å². The summed E-state index contributed by atoms with van der Waals surface area (Å²) in [6.07, 6.45) is 24.8. The zero-order valence-electron chi connectivity index (χ0n) is 22.6. The Labute approximate surface area is 216 Å². The normalized spacial score (nSPS) is 67.9. The molecule has 16 atom stereocenters. The molecule has 0 nitrogen and oxygen atoms in total. The molecule has 14 saturated carbocycles. The minimum absolute atomic E-state index is 0.804. The Balaban J connectivity index is 1.06. The van der Waals surface area contributed by atoms with Gasteiger partial charge in [-0.25, -0.2) is 0 Å². The van der Waals surface area contributed by atoms with Crippen molar-refractivity contribution in [2.24, 2.45) is 101 Å². The lowest BCUT2D eigenvalue weighted by atomic mass is 9.34. The maximum atomic E-state index is 2.45. The minimum atomic E-state index is 0.804. The first-order chi connectivity index (χ1) is 17.2. The molecule has 0 heterocycles. The number of rotatable bonds is 3. The van der Waals surface area contributed by atoms with E-state index >= 15 is 0 Å². The monoisotopic (exact) mass is 470 g/mol. The second-order valence-electron chi connectivity index (χ2n) is 17.3. The molecule has 0 saturated heterocycles. The Kier molecular flexibility index (Phi) is 4.18. The predicted molar refractivity (Wildman–Crippen MR) is 144 cm³/mol. The van der Waals surface area contributed by atoms with Crippen LogP contribution >= 0.6 is 0 Å². The first-order valence-corrected chi connectivity index (χ1v) is 17.2. The fourth-order valence-corrected chi connectivity index (χ4v) is 15.9. The molecule has 0 aromatic heterocycles. The van der Waals surface area contributed by atoms with Crippen molar-refractivity contribution in [1.82, 2.24) is 0 Å². The molecule has 190 valence electrons. The summed E-state index contributed by atoms with van der Waals surface area (Å²) in [5, 5.41) is 0.804. The SMILES string of the molecule is CCCBC12CC(CCCC3CC4C5CC(CC6CC7C8CC(C9CC6C6CC(C1)C69)C8C47)C35)C2. The second kappa shape index (κ2) is 6.98. The molecule has 14 aliphatic carbocycles. The maximum Gasteiger partial charge on any atom is 0.128 e. The molecule has 0 aliphatic heterocycles. The molecule has 0 N–H and O–H groups in total. The van der Waals surface area contributed by atoms with Gasteiger partial charge in [0, 0.05) is 0 Å². The van der Waals surface area contributed by atoms with Gasteiger partial charge in [0.2, 0.25) is 0 Å². The Morgan fingerprint density at radius 2 is 1.17 bits per heavy atom. The van der Waals surface area contributed by atoms with Crippen LogP contribution in [0.2, 0.25) is 11.6 Å². The van der Waals surface area contributed by atoms with E-state index in [9.17, 15) is 0 Å². The molecular formula is C34H51B. The average molecular weight is 471 g/mol. The zero-order chi connectivity index (χ0) is 22.6. The maximum absolute atomic E-state index is 2.45. The van der Waals surface area contributed by atoms with Crippen molar-refractivity contribution in [2.75, 3.05) is 0 Å². The van der Waals surface area contributed by atoms with Crippen LogP contribution in [0.4, 0.5) is 0 Å². The van der Waals surface area contributed by atoms with E-state index in [0.29, 0.717) is 0 Å². The standard InChI is InChI=1S/C34H51B/c1-2-6-35-34-14-17(15-34)4-3-5-18-8-25-24-10-20(30(18)24)7-19-9-26-28-13-29(33(28)32(25)26)27-12-22(19)23-11-21(16-34)31(23)27/h17-33,35H,2-16H2,1H3. The Hall–Kier alpha value is 0.0649. The van der Waals surface area contributed by atoms with Gasteiger partial charge in [-0.05, 0) is 146 Å². The highest BCUT2D eigenvalue weighted by atomic mass is 14.8. The molecular weight excluding hydrogens is 419 g/mol. The summed E-state index contributed by atoms with van der Waals surface area (Å²) in [6, 6.07) is 0. The molecule has 0 aromatic carbocycles. The third-order valence-corrected chi connectivity index (χ3v) is 16.7. The van der Waals surface area contributed by atoms with Crippen LogP contribution in [0.1, 0.15) is 96.8 Å². The van der Waals surface area contributed by atoms with Crippen molar-refractivity contribution in [3.05, 3.63) is 0 Å². The summed E-state index contributed by atoms with van der Waals surface area (Å²) in [7, 11) is 1.60. The van der Waals surface area contributed by atoms with Gasteiger partial charge in [0.05, 0.1) is 0 Å². The Morgan fingerprint density at radius 1 is 0.543 bits per heavy atom. The van der Waals surface area contributed by atoms with Crippen molar-refractivity contribution >= 4 is 7.28 Å². The van der Waals surface area contributed by atoms with Crippen molar-refractivity contribution in [3.8, 4) is 0 Å².